The Morgan fingerprint density at radius 1 is 0.853 bits per heavy atom. The zero-order valence-electron chi connectivity index (χ0n) is 23.6. The number of aromatic hydroxyl groups is 1. The van der Waals surface area contributed by atoms with E-state index in [1.54, 1.807) is 0 Å². The van der Waals surface area contributed by atoms with Gasteiger partial charge in [-0.25, -0.2) is 0 Å². The van der Waals surface area contributed by atoms with Crippen molar-refractivity contribution in [2.75, 3.05) is 0 Å². The Morgan fingerprint density at radius 3 is 1.97 bits per heavy atom. The van der Waals surface area contributed by atoms with Crippen molar-refractivity contribution >= 4 is 5.97 Å². The first-order valence-electron chi connectivity index (χ1n) is 13.6. The average Bonchev–Trinajstić information content (AvgIpc) is 2.75. The van der Waals surface area contributed by atoms with Gasteiger partial charge in [-0.1, -0.05) is 77.9 Å². The first kappa shape index (κ1) is 30.3. The Hall–Kier alpha value is -1.77. The second-order valence-corrected chi connectivity index (χ2v) is 11.2. The average molecular weight is 473 g/mol. The molecule has 1 rings (SSSR count). The number of ether oxygens (including phenoxy) is 1. The molecule has 0 amide bonds. The molecular formula is C31H52O3. The van der Waals surface area contributed by atoms with Crippen molar-refractivity contribution in [3.05, 3.63) is 33.9 Å². The molecule has 194 valence electrons. The predicted octanol–water partition coefficient (Wildman–Crippen LogP) is 9.17. The summed E-state index contributed by atoms with van der Waals surface area (Å²) in [5.74, 6) is 3.07. The number of hydrogen-bond donors (Lipinski definition) is 1. The van der Waals surface area contributed by atoms with Gasteiger partial charge in [0.25, 0.3) is 0 Å². The fourth-order valence-electron chi connectivity index (χ4n) is 4.79. The highest BCUT2D eigenvalue weighted by Crippen LogP contribution is 2.38. The van der Waals surface area contributed by atoms with Gasteiger partial charge in [0, 0.05) is 12.5 Å². The molecule has 0 aliphatic carbocycles. The van der Waals surface area contributed by atoms with Gasteiger partial charge in [-0.2, -0.15) is 0 Å². The molecule has 1 N–H and O–H groups in total. The molecule has 2 atom stereocenters. The number of hydrogen-bond acceptors (Lipinski definition) is 3. The number of carbonyl (C=O) groups excluding carboxylic acids is 1. The van der Waals surface area contributed by atoms with Crippen LogP contribution in [0.25, 0.3) is 0 Å². The topological polar surface area (TPSA) is 46.5 Å². The second-order valence-electron chi connectivity index (χ2n) is 11.2. The standard InChI is InChI=1S/C31H52O3/c1-21(2)13-10-14-22(3)15-11-16-23(4)17-12-18-24(5)19-20-29-27(8)31(34-28(9)32)26(7)25(6)30(29)33/h18,21-23,33H,10-17,19-20H2,1-9H3/b24-18+. The number of phenols is 1. The molecule has 0 aliphatic heterocycles. The number of carbonyl (C=O) groups is 1. The summed E-state index contributed by atoms with van der Waals surface area (Å²) in [6.45, 7) is 18.8. The van der Waals surface area contributed by atoms with Crippen LogP contribution < -0.4 is 4.74 Å². The number of benzene rings is 1. The molecule has 3 heteroatoms. The van der Waals surface area contributed by atoms with E-state index in [2.05, 4.69) is 40.7 Å². The number of allylic oxidation sites excluding steroid dienone is 2. The molecule has 0 fully saturated rings. The molecule has 2 unspecified atom stereocenters. The predicted molar refractivity (Wildman–Crippen MR) is 146 cm³/mol. The van der Waals surface area contributed by atoms with Gasteiger partial charge in [0.1, 0.15) is 11.5 Å². The third-order valence-corrected chi connectivity index (χ3v) is 7.38. The highest BCUT2D eigenvalue weighted by molar-refractivity contribution is 5.72. The minimum atomic E-state index is -0.326. The lowest BCUT2D eigenvalue weighted by Crippen LogP contribution is -2.08. The van der Waals surface area contributed by atoms with Crippen LogP contribution in [0.3, 0.4) is 0 Å². The third kappa shape index (κ3) is 10.7. The summed E-state index contributed by atoms with van der Waals surface area (Å²) >= 11 is 0. The summed E-state index contributed by atoms with van der Waals surface area (Å²) in [5, 5.41) is 10.7. The maximum atomic E-state index is 11.5. The van der Waals surface area contributed by atoms with E-state index in [9.17, 15) is 9.90 Å². The largest absolute Gasteiger partial charge is 0.507 e. The van der Waals surface area contributed by atoms with Crippen LogP contribution in [-0.4, -0.2) is 11.1 Å². The van der Waals surface area contributed by atoms with Crippen LogP contribution in [-0.2, 0) is 11.2 Å². The van der Waals surface area contributed by atoms with Gasteiger partial charge in [0.05, 0.1) is 0 Å². The van der Waals surface area contributed by atoms with Gasteiger partial charge in [-0.3, -0.25) is 4.79 Å². The van der Waals surface area contributed by atoms with E-state index in [0.29, 0.717) is 11.5 Å². The second kappa shape index (κ2) is 15.3. The lowest BCUT2D eigenvalue weighted by Gasteiger charge is -2.18. The molecule has 1 aromatic rings. The molecular weight excluding hydrogens is 420 g/mol. The quantitative estimate of drug-likeness (QED) is 0.157. The zero-order chi connectivity index (χ0) is 25.8. The summed E-state index contributed by atoms with van der Waals surface area (Å²) in [5.41, 5.74) is 4.75. The van der Waals surface area contributed by atoms with Gasteiger partial charge < -0.3 is 9.84 Å². The van der Waals surface area contributed by atoms with E-state index < -0.39 is 0 Å². The summed E-state index contributed by atoms with van der Waals surface area (Å²) < 4.78 is 5.46. The van der Waals surface area contributed by atoms with E-state index in [4.69, 9.17) is 4.74 Å². The molecule has 0 aromatic heterocycles. The minimum absolute atomic E-state index is 0.326. The van der Waals surface area contributed by atoms with Crippen molar-refractivity contribution in [2.24, 2.45) is 17.8 Å². The van der Waals surface area contributed by atoms with Crippen LogP contribution in [0.4, 0.5) is 0 Å². The van der Waals surface area contributed by atoms with Crippen molar-refractivity contribution in [2.45, 2.75) is 127 Å². The van der Waals surface area contributed by atoms with Gasteiger partial charge in [-0.15, -0.1) is 0 Å². The van der Waals surface area contributed by atoms with Gasteiger partial charge in [-0.05, 0) is 87.8 Å². The fraction of sp³-hybridized carbons (Fsp3) is 0.710. The van der Waals surface area contributed by atoms with E-state index in [0.717, 1.165) is 59.3 Å². The van der Waals surface area contributed by atoms with Crippen LogP contribution in [0.1, 0.15) is 122 Å². The number of phenolic OH excluding ortho intramolecular Hbond substituents is 1. The van der Waals surface area contributed by atoms with Gasteiger partial charge in [0.2, 0.25) is 0 Å². The summed E-state index contributed by atoms with van der Waals surface area (Å²) in [6.07, 6.45) is 14.5. The lowest BCUT2D eigenvalue weighted by molar-refractivity contribution is -0.131. The monoisotopic (exact) mass is 472 g/mol. The van der Waals surface area contributed by atoms with Gasteiger partial charge >= 0.3 is 5.97 Å². The maximum absolute atomic E-state index is 11.5. The van der Waals surface area contributed by atoms with Crippen molar-refractivity contribution in [3.63, 3.8) is 0 Å². The smallest absolute Gasteiger partial charge is 0.308 e. The molecule has 0 heterocycles. The van der Waals surface area contributed by atoms with Gasteiger partial charge in [0.15, 0.2) is 0 Å². The first-order chi connectivity index (χ1) is 15.9. The van der Waals surface area contributed by atoms with E-state index in [-0.39, 0.29) is 5.97 Å². The van der Waals surface area contributed by atoms with E-state index >= 15 is 0 Å². The van der Waals surface area contributed by atoms with E-state index in [1.807, 2.05) is 20.8 Å². The van der Waals surface area contributed by atoms with Crippen molar-refractivity contribution < 1.29 is 14.6 Å². The molecule has 3 nitrogen and oxygen atoms in total. The fourth-order valence-corrected chi connectivity index (χ4v) is 4.79. The molecule has 0 aliphatic rings. The molecule has 1 aromatic carbocycles. The molecule has 0 saturated heterocycles. The molecule has 0 bridgehead atoms. The van der Waals surface area contributed by atoms with Crippen LogP contribution in [0.5, 0.6) is 11.5 Å². The molecule has 0 spiro atoms. The Morgan fingerprint density at radius 2 is 1.41 bits per heavy atom. The zero-order valence-corrected chi connectivity index (χ0v) is 23.6. The number of esters is 1. The normalized spacial score (nSPS) is 13.9. The molecule has 0 saturated carbocycles. The van der Waals surface area contributed by atoms with Crippen molar-refractivity contribution in [1.29, 1.82) is 0 Å². The molecule has 0 radical (unpaired) electrons. The van der Waals surface area contributed by atoms with Crippen molar-refractivity contribution in [1.82, 2.24) is 0 Å². The Balaban J connectivity index is 2.48. The maximum Gasteiger partial charge on any atom is 0.308 e. The lowest BCUT2D eigenvalue weighted by atomic mass is 9.91. The van der Waals surface area contributed by atoms with Crippen molar-refractivity contribution in [3.8, 4) is 11.5 Å². The van der Waals surface area contributed by atoms with Crippen LogP contribution in [0.2, 0.25) is 0 Å². The van der Waals surface area contributed by atoms with Crippen LogP contribution >= 0.6 is 0 Å². The van der Waals surface area contributed by atoms with Crippen LogP contribution in [0.15, 0.2) is 11.6 Å². The minimum Gasteiger partial charge on any atom is -0.507 e. The highest BCUT2D eigenvalue weighted by Gasteiger charge is 2.19. The summed E-state index contributed by atoms with van der Waals surface area (Å²) in [6, 6.07) is 0. The first-order valence-corrected chi connectivity index (χ1v) is 13.6. The third-order valence-electron chi connectivity index (χ3n) is 7.38. The number of rotatable bonds is 15. The van der Waals surface area contributed by atoms with E-state index in [1.165, 1.54) is 57.4 Å². The summed E-state index contributed by atoms with van der Waals surface area (Å²) in [7, 11) is 0. The Labute approximate surface area is 210 Å². The summed E-state index contributed by atoms with van der Waals surface area (Å²) in [4.78, 5) is 11.5. The highest BCUT2D eigenvalue weighted by atomic mass is 16.5. The Kier molecular flexibility index (Phi) is 13.6. The molecule has 34 heavy (non-hydrogen) atoms. The van der Waals surface area contributed by atoms with Crippen LogP contribution in [0, 0.1) is 38.5 Å². The SMILES string of the molecule is CC(=O)Oc1c(C)c(C)c(O)c(CC/C(C)=C/CCC(C)CCCC(C)CCCC(C)C)c1C. The Bertz CT molecular complexity index is 804.